The molecule has 0 spiro atoms. The lowest BCUT2D eigenvalue weighted by Gasteiger charge is -2.30. The van der Waals surface area contributed by atoms with Crippen LogP contribution < -0.4 is 16.0 Å². The summed E-state index contributed by atoms with van der Waals surface area (Å²) in [5.41, 5.74) is 3.09. The number of anilines is 2. The minimum absolute atomic E-state index is 0.106. The van der Waals surface area contributed by atoms with Crippen molar-refractivity contribution in [3.8, 4) is 11.3 Å². The molecule has 5 rings (SSSR count). The minimum Gasteiger partial charge on any atom is -0.444 e. The topological polar surface area (TPSA) is 115 Å². The van der Waals surface area contributed by atoms with Gasteiger partial charge in [-0.05, 0) is 80.9 Å². The number of thiophene rings is 1. The molecule has 3 heterocycles. The van der Waals surface area contributed by atoms with Gasteiger partial charge in [-0.25, -0.2) is 14.5 Å². The van der Waals surface area contributed by atoms with Crippen molar-refractivity contribution in [2.24, 2.45) is 0 Å². The maximum atomic E-state index is 12.2. The number of hydrogen-bond acceptors (Lipinski definition) is 9. The number of hydrogen-bond donors (Lipinski definition) is 3. The van der Waals surface area contributed by atoms with Gasteiger partial charge in [-0.1, -0.05) is 18.2 Å². The highest BCUT2D eigenvalue weighted by molar-refractivity contribution is 7.95. The van der Waals surface area contributed by atoms with Crippen molar-refractivity contribution in [3.05, 3.63) is 52.9 Å². The number of carbonyl (C=O) groups is 1. The first kappa shape index (κ1) is 32.1. The molecule has 1 amide bonds. The van der Waals surface area contributed by atoms with Gasteiger partial charge in [-0.2, -0.15) is 10.1 Å². The molecular weight excluding hydrogens is 595 g/mol. The Labute approximate surface area is 266 Å². The van der Waals surface area contributed by atoms with Crippen LogP contribution in [0.2, 0.25) is 0 Å². The Kier molecular flexibility index (Phi) is 10.7. The van der Waals surface area contributed by atoms with Crippen LogP contribution in [0.3, 0.4) is 0 Å². The molecule has 0 aliphatic heterocycles. The zero-order valence-corrected chi connectivity index (χ0v) is 27.9. The lowest BCUT2D eigenvalue weighted by molar-refractivity contribution is 0.0492. The summed E-state index contributed by atoms with van der Waals surface area (Å²) in [4.78, 5) is 23.1. The van der Waals surface area contributed by atoms with E-state index in [9.17, 15) is 4.79 Å². The van der Waals surface area contributed by atoms with E-state index in [-0.39, 0.29) is 18.2 Å². The first-order valence-corrected chi connectivity index (χ1v) is 18.2. The van der Waals surface area contributed by atoms with E-state index in [2.05, 4.69) is 64.2 Å². The third-order valence-electron chi connectivity index (χ3n) is 7.30. The highest BCUT2D eigenvalue weighted by atomic mass is 32.2. The molecule has 0 atom stereocenters. The van der Waals surface area contributed by atoms with E-state index in [0.29, 0.717) is 30.2 Å². The molecule has 236 valence electrons. The van der Waals surface area contributed by atoms with Crippen LogP contribution in [0.25, 0.3) is 22.3 Å². The maximum Gasteiger partial charge on any atom is 0.407 e. The van der Waals surface area contributed by atoms with Crippen molar-refractivity contribution in [3.63, 3.8) is 0 Å². The van der Waals surface area contributed by atoms with Crippen LogP contribution in [0.1, 0.15) is 51.3 Å². The van der Waals surface area contributed by atoms with E-state index in [4.69, 9.17) is 24.5 Å². The van der Waals surface area contributed by atoms with Gasteiger partial charge in [-0.3, -0.25) is 0 Å². The molecule has 1 fully saturated rings. The highest BCUT2D eigenvalue weighted by Gasteiger charge is 2.25. The Morgan fingerprint density at radius 2 is 1.91 bits per heavy atom. The fourth-order valence-electron chi connectivity index (χ4n) is 5.13. The van der Waals surface area contributed by atoms with Gasteiger partial charge in [-0.15, -0.1) is 11.3 Å². The van der Waals surface area contributed by atoms with Gasteiger partial charge in [0.05, 0.1) is 24.5 Å². The molecule has 0 radical (unpaired) electrons. The van der Waals surface area contributed by atoms with Gasteiger partial charge in [0.1, 0.15) is 23.8 Å². The van der Waals surface area contributed by atoms with Gasteiger partial charge in [0.25, 0.3) is 0 Å². The van der Waals surface area contributed by atoms with Gasteiger partial charge in [0.15, 0.2) is 5.65 Å². The predicted molar refractivity (Wildman–Crippen MR) is 181 cm³/mol. The average molecular weight is 639 g/mol. The number of amides is 1. The standard InChI is InChI=1S/C32H43N7O3S2/c1-32(2,3)42-31(40)36-24-13-11-23(12-14-24)35-30-34-20-27-28(38-39(29(27)37-30)21-41-15-17-44(4)5)22-8-6-9-25(18-22)33-19-26-10-7-16-43-26/h6-10,16,18,20,23-24,33H,11-15,17,19,21H2,1-5H3,(H-,34,35,36,37,38,40)/p+1. The molecule has 10 nitrogen and oxygen atoms in total. The van der Waals surface area contributed by atoms with E-state index in [1.54, 1.807) is 11.3 Å². The zero-order valence-electron chi connectivity index (χ0n) is 26.3. The average Bonchev–Trinajstić information content (AvgIpc) is 3.62. The number of alkyl carbamates (subject to hydrolysis) is 1. The van der Waals surface area contributed by atoms with E-state index < -0.39 is 5.60 Å². The third kappa shape index (κ3) is 9.09. The summed E-state index contributed by atoms with van der Waals surface area (Å²) >= 11 is 1.74. The first-order valence-electron chi connectivity index (χ1n) is 15.1. The quantitative estimate of drug-likeness (QED) is 0.123. The Balaban J connectivity index is 1.29. The SMILES string of the molecule is C[S+](C)CCOCn1nc(-c2cccc(NCc3cccs3)c2)c2cnc(NC3CCC(NC(=O)OC(C)(C)C)CC3)nc21. The largest absolute Gasteiger partial charge is 0.444 e. The Morgan fingerprint density at radius 3 is 2.64 bits per heavy atom. The predicted octanol–water partition coefficient (Wildman–Crippen LogP) is 6.27. The molecule has 0 unspecified atom stereocenters. The van der Waals surface area contributed by atoms with Gasteiger partial charge in [0, 0.05) is 41.0 Å². The van der Waals surface area contributed by atoms with Crippen LogP contribution in [-0.2, 0) is 33.6 Å². The molecule has 1 aromatic carbocycles. The third-order valence-corrected chi connectivity index (χ3v) is 9.16. The summed E-state index contributed by atoms with van der Waals surface area (Å²) in [5.74, 6) is 1.58. The number of nitrogens with one attached hydrogen (secondary N) is 3. The number of carbonyl (C=O) groups excluding carboxylic acids is 1. The Morgan fingerprint density at radius 1 is 1.11 bits per heavy atom. The van der Waals surface area contributed by atoms with Gasteiger partial charge >= 0.3 is 6.09 Å². The molecule has 0 saturated heterocycles. The van der Waals surface area contributed by atoms with Crippen molar-refractivity contribution in [2.75, 3.05) is 35.5 Å². The normalized spacial score (nSPS) is 17.1. The second kappa shape index (κ2) is 14.6. The van der Waals surface area contributed by atoms with Crippen LogP contribution in [0.15, 0.2) is 48.0 Å². The van der Waals surface area contributed by atoms with E-state index in [1.807, 2.05) is 37.7 Å². The molecule has 0 bridgehead atoms. The summed E-state index contributed by atoms with van der Waals surface area (Å²) in [6.07, 6.45) is 9.47. The van der Waals surface area contributed by atoms with Crippen molar-refractivity contribution in [2.45, 2.75) is 77.4 Å². The van der Waals surface area contributed by atoms with Crippen LogP contribution in [0.5, 0.6) is 0 Å². The molecule has 4 aromatic rings. The number of rotatable bonds is 12. The zero-order chi connectivity index (χ0) is 31.1. The Hall–Kier alpha value is -3.35. The second-order valence-corrected chi connectivity index (χ2v) is 15.8. The number of nitrogens with zero attached hydrogens (tertiary/aromatic N) is 4. The van der Waals surface area contributed by atoms with Crippen molar-refractivity contribution >= 4 is 51.0 Å². The second-order valence-electron chi connectivity index (χ2n) is 12.4. The Bertz CT molecular complexity index is 1510. The molecule has 44 heavy (non-hydrogen) atoms. The monoisotopic (exact) mass is 638 g/mol. The molecule has 1 aliphatic rings. The first-order chi connectivity index (χ1) is 21.1. The summed E-state index contributed by atoms with van der Waals surface area (Å²) in [6, 6.07) is 12.8. The van der Waals surface area contributed by atoms with Gasteiger partial charge in [0.2, 0.25) is 5.95 Å². The lowest BCUT2D eigenvalue weighted by Crippen LogP contribution is -2.42. The lowest BCUT2D eigenvalue weighted by atomic mass is 9.91. The van der Waals surface area contributed by atoms with Crippen molar-refractivity contribution in [1.29, 1.82) is 0 Å². The molecule has 3 aromatic heterocycles. The molecule has 1 saturated carbocycles. The summed E-state index contributed by atoms with van der Waals surface area (Å²) in [5, 5.41) is 18.0. The maximum absolute atomic E-state index is 12.2. The van der Waals surface area contributed by atoms with E-state index in [1.165, 1.54) is 4.88 Å². The van der Waals surface area contributed by atoms with Crippen molar-refractivity contribution in [1.82, 2.24) is 25.1 Å². The van der Waals surface area contributed by atoms with Crippen LogP contribution in [0.4, 0.5) is 16.4 Å². The summed E-state index contributed by atoms with van der Waals surface area (Å²) in [6.45, 7) is 7.39. The number of ether oxygens (including phenoxy) is 2. The molecule has 3 N–H and O–H groups in total. The number of fused-ring (bicyclic) bond motifs is 1. The van der Waals surface area contributed by atoms with Crippen LogP contribution in [-0.4, -0.2) is 68.4 Å². The van der Waals surface area contributed by atoms with Crippen LogP contribution >= 0.6 is 11.3 Å². The molecule has 1 aliphatic carbocycles. The van der Waals surface area contributed by atoms with E-state index in [0.717, 1.165) is 66.0 Å². The summed E-state index contributed by atoms with van der Waals surface area (Å²) < 4.78 is 13.3. The molecule has 12 heteroatoms. The smallest absolute Gasteiger partial charge is 0.407 e. The fourth-order valence-corrected chi connectivity index (χ4v) is 6.22. The highest BCUT2D eigenvalue weighted by Crippen LogP contribution is 2.30. The molecular formula is C32H44N7O3S2+. The minimum atomic E-state index is -0.505. The van der Waals surface area contributed by atoms with Gasteiger partial charge < -0.3 is 25.4 Å². The summed E-state index contributed by atoms with van der Waals surface area (Å²) in [7, 11) is 0.313. The van der Waals surface area contributed by atoms with E-state index >= 15 is 0 Å². The number of benzene rings is 1. The van der Waals surface area contributed by atoms with Crippen LogP contribution in [0, 0.1) is 0 Å². The number of aromatic nitrogens is 4. The van der Waals surface area contributed by atoms with Crippen molar-refractivity contribution < 1.29 is 14.3 Å². The fraction of sp³-hybridized carbons (Fsp3) is 0.500.